The second kappa shape index (κ2) is 20.1. The fourth-order valence-corrected chi connectivity index (χ4v) is 40.8. The zero-order chi connectivity index (χ0) is 57.2. The molecular weight excluding hydrogens is 1100 g/mol. The van der Waals surface area contributed by atoms with E-state index in [2.05, 4.69) is 287 Å². The minimum absolute atomic E-state index is 0.0662. The molecule has 2 unspecified atom stereocenters. The molecule has 2 atom stereocenters. The standard InChI is InChI=1S/2C32H37.C12H9Si.2ClH.Zr/c2*1-21(2)28-15-14-23-16-24(22-12-10-9-11-13-22)19-29(23)30(28)25-17-26(31(3,4)5)20-27(18-25)32(6,7)8;1-3-7-11-9(5-1)10-6-2-4-8-12(10)13-11;;;/h2*9-21H,1-8H3;1-7H,13H2;2*1H;/q;;;;;+2/p-2. The van der Waals surface area contributed by atoms with Crippen molar-refractivity contribution < 1.29 is 16.4 Å². The molecular formula is C76H83Cl2SiZr. The predicted octanol–water partition coefficient (Wildman–Crippen LogP) is 19.8. The molecule has 8 aromatic carbocycles. The van der Waals surface area contributed by atoms with Gasteiger partial charge in [-0.25, -0.2) is 0 Å². The van der Waals surface area contributed by atoms with Gasteiger partial charge in [0.2, 0.25) is 0 Å². The topological polar surface area (TPSA) is 0 Å². The van der Waals surface area contributed by atoms with Crippen molar-refractivity contribution in [1.82, 2.24) is 0 Å². The van der Waals surface area contributed by atoms with Gasteiger partial charge in [-0.1, -0.05) is 0 Å². The molecule has 8 aromatic rings. The van der Waals surface area contributed by atoms with E-state index in [0.717, 1.165) is 0 Å². The Morgan fingerprint density at radius 2 is 0.775 bits per heavy atom. The Kier molecular flexibility index (Phi) is 14.2. The van der Waals surface area contributed by atoms with Gasteiger partial charge in [-0.05, 0) is 0 Å². The average molecular weight is 1190 g/mol. The van der Waals surface area contributed by atoms with Crippen LogP contribution in [-0.2, 0) is 38.1 Å². The molecule has 1 aliphatic heterocycles. The van der Waals surface area contributed by atoms with Crippen molar-refractivity contribution in [2.75, 3.05) is 0 Å². The van der Waals surface area contributed by atoms with E-state index in [1.165, 1.54) is 125 Å². The summed E-state index contributed by atoms with van der Waals surface area (Å²) in [5, 5.41) is 2.88. The van der Waals surface area contributed by atoms with E-state index in [9.17, 15) is 17.0 Å². The zero-order valence-electron chi connectivity index (χ0n) is 50.5. The summed E-state index contributed by atoms with van der Waals surface area (Å²) in [6, 6.07) is 63.3. The van der Waals surface area contributed by atoms with Gasteiger partial charge in [-0.2, -0.15) is 0 Å². The summed E-state index contributed by atoms with van der Waals surface area (Å²) in [6.45, 7) is 37.7. The molecule has 2 aliphatic carbocycles. The van der Waals surface area contributed by atoms with Gasteiger partial charge >= 0.3 is 495 Å². The first kappa shape index (κ1) is 56.8. The average Bonchev–Trinajstić information content (AvgIpc) is 4.18. The van der Waals surface area contributed by atoms with Crippen LogP contribution in [-0.4, -0.2) is 9.52 Å². The number of rotatable bonds is 9. The van der Waals surface area contributed by atoms with Crippen LogP contribution in [0.4, 0.5) is 0 Å². The fraction of sp³-hybridized carbons (Fsp3) is 0.316. The third kappa shape index (κ3) is 9.63. The maximum atomic E-state index is 9.96. The first-order chi connectivity index (χ1) is 37.5. The Labute approximate surface area is 491 Å². The van der Waals surface area contributed by atoms with Gasteiger partial charge in [-0.3, -0.25) is 0 Å². The van der Waals surface area contributed by atoms with E-state index in [1.807, 2.05) is 0 Å². The summed E-state index contributed by atoms with van der Waals surface area (Å²) in [5.74, 6) is 0.516. The number of allylic oxidation sites excluding steroid dienone is 2. The van der Waals surface area contributed by atoms with Crippen molar-refractivity contribution in [3.8, 4) is 33.4 Å². The van der Waals surface area contributed by atoms with E-state index >= 15 is 0 Å². The van der Waals surface area contributed by atoms with Gasteiger partial charge in [0, 0.05) is 0 Å². The van der Waals surface area contributed by atoms with E-state index < -0.39 is 25.9 Å². The summed E-state index contributed by atoms with van der Waals surface area (Å²) < 4.78 is 0.567. The molecule has 80 heavy (non-hydrogen) atoms. The van der Waals surface area contributed by atoms with Crippen molar-refractivity contribution in [1.29, 1.82) is 0 Å². The zero-order valence-corrected chi connectivity index (χ0v) is 55.9. The number of hydrogen-bond donors (Lipinski definition) is 0. The Balaban J connectivity index is 1.31. The second-order valence-corrected chi connectivity index (χ2v) is 51.0. The van der Waals surface area contributed by atoms with Crippen LogP contribution >= 0.6 is 17.0 Å². The molecule has 4 heteroatoms. The van der Waals surface area contributed by atoms with Crippen molar-refractivity contribution in [2.45, 2.75) is 152 Å². The van der Waals surface area contributed by atoms with Gasteiger partial charge < -0.3 is 0 Å². The molecule has 0 bridgehead atoms. The summed E-state index contributed by atoms with van der Waals surface area (Å²) in [7, 11) is 18.9. The van der Waals surface area contributed by atoms with Gasteiger partial charge in [0.15, 0.2) is 0 Å². The molecule has 0 amide bonds. The number of benzene rings is 8. The van der Waals surface area contributed by atoms with E-state index in [0.29, 0.717) is 0 Å². The quantitative estimate of drug-likeness (QED) is 0.126. The molecule has 0 radical (unpaired) electrons. The van der Waals surface area contributed by atoms with Crippen LogP contribution < -0.4 is 13.6 Å². The third-order valence-corrected chi connectivity index (χ3v) is 40.8. The van der Waals surface area contributed by atoms with E-state index in [1.54, 1.807) is 0 Å². The monoisotopic (exact) mass is 1180 g/mol. The molecule has 409 valence electrons. The minimum atomic E-state index is -6.21. The summed E-state index contributed by atoms with van der Waals surface area (Å²) >= 11 is -6.21. The molecule has 0 spiro atoms. The molecule has 11 rings (SSSR count). The molecule has 1 heterocycles. The number of hydrogen-bond acceptors (Lipinski definition) is 0. The van der Waals surface area contributed by atoms with Crippen LogP contribution in [0.5, 0.6) is 0 Å². The molecule has 0 aromatic heterocycles. The Hall–Kier alpha value is -5.08. The van der Waals surface area contributed by atoms with E-state index in [4.69, 9.17) is 0 Å². The predicted molar refractivity (Wildman–Crippen MR) is 352 cm³/mol. The van der Waals surface area contributed by atoms with E-state index in [-0.39, 0.29) is 40.7 Å². The summed E-state index contributed by atoms with van der Waals surface area (Å²) in [6.07, 6.45) is 5.12. The summed E-state index contributed by atoms with van der Waals surface area (Å²) in [4.78, 5) is 0. The van der Waals surface area contributed by atoms with Crippen molar-refractivity contribution in [3.05, 3.63) is 231 Å². The van der Waals surface area contributed by atoms with Crippen molar-refractivity contribution in [3.63, 3.8) is 0 Å². The number of halogens is 2. The maximum absolute atomic E-state index is 9.96. The first-order valence-electron chi connectivity index (χ1n) is 29.5. The van der Waals surface area contributed by atoms with Crippen LogP contribution in [0.2, 0.25) is 0 Å². The normalized spacial score (nSPS) is 17.0. The fourth-order valence-electron chi connectivity index (χ4n) is 13.8. The van der Waals surface area contributed by atoms with Gasteiger partial charge in [0.25, 0.3) is 0 Å². The molecule has 0 saturated carbocycles. The van der Waals surface area contributed by atoms with Crippen LogP contribution in [0.1, 0.15) is 197 Å². The Morgan fingerprint density at radius 1 is 0.400 bits per heavy atom. The first-order valence-corrected chi connectivity index (χ1v) is 41.3. The van der Waals surface area contributed by atoms with Crippen LogP contribution in [0.3, 0.4) is 0 Å². The third-order valence-electron chi connectivity index (χ3n) is 18.3. The van der Waals surface area contributed by atoms with Crippen LogP contribution in [0, 0.1) is 0 Å². The van der Waals surface area contributed by atoms with Gasteiger partial charge in [-0.15, -0.1) is 0 Å². The van der Waals surface area contributed by atoms with Gasteiger partial charge in [0.05, 0.1) is 0 Å². The molecule has 0 fully saturated rings. The van der Waals surface area contributed by atoms with Gasteiger partial charge in [0.1, 0.15) is 0 Å². The molecule has 0 N–H and O–H groups in total. The Bertz CT molecular complexity index is 3560. The van der Waals surface area contributed by atoms with Crippen LogP contribution in [0.15, 0.2) is 164 Å². The summed E-state index contributed by atoms with van der Waals surface area (Å²) in [5.41, 5.74) is 25.4. The molecule has 0 saturated heterocycles. The number of fused-ring (bicyclic) bond motifs is 5. The Morgan fingerprint density at radius 3 is 1.16 bits per heavy atom. The van der Waals surface area contributed by atoms with Crippen LogP contribution in [0.25, 0.3) is 56.7 Å². The van der Waals surface area contributed by atoms with Crippen molar-refractivity contribution in [2.24, 2.45) is 0 Å². The SMILES string of the molecule is CC(C)c1ccc2c(c1-c1cc(C(C)(C)C)cc(C(C)(C)C)c1)C=C(c1ccccc1)[CH]2[Zr]([Cl])([Cl])([c]1cccc2c1[SiH2]c1ccccc1-2)[CH]1C(c2ccccc2)=Cc2c1ccc(C(C)C)c2-c1cc(C(C)(C)C)cc(C(C)(C)C)c1. The van der Waals surface area contributed by atoms with Crippen molar-refractivity contribution >= 4 is 63.5 Å². The molecule has 0 nitrogen and oxygen atoms in total. The second-order valence-electron chi connectivity index (χ2n) is 28.6. The molecule has 3 aliphatic rings.